The van der Waals surface area contributed by atoms with Crippen LogP contribution in [0.1, 0.15) is 13.8 Å². The molecule has 0 aromatic carbocycles. The topological polar surface area (TPSA) is 80.5 Å². The van der Waals surface area contributed by atoms with Crippen LogP contribution < -0.4 is 5.73 Å². The molecule has 1 heterocycles. The van der Waals surface area contributed by atoms with E-state index in [0.29, 0.717) is 0 Å². The van der Waals surface area contributed by atoms with Crippen LogP contribution in [0, 0.1) is 0 Å². The average Bonchev–Trinajstić information content (AvgIpc) is 1.98. The van der Waals surface area contributed by atoms with Crippen LogP contribution in [-0.2, 0) is 14.8 Å². The fraction of sp³-hybridized carbons (Fsp3) is 0.833. The molecule has 0 aliphatic carbocycles. The Morgan fingerprint density at radius 3 is 2.33 bits per heavy atom. The molecule has 1 amide bonds. The summed E-state index contributed by atoms with van der Waals surface area (Å²) in [4.78, 5) is 11.2. The molecule has 12 heavy (non-hydrogen) atoms. The molecular formula is C6H12N2O3S. The van der Waals surface area contributed by atoms with Gasteiger partial charge in [0.05, 0.1) is 0 Å². The van der Waals surface area contributed by atoms with E-state index in [0.717, 1.165) is 4.31 Å². The zero-order valence-corrected chi connectivity index (χ0v) is 7.89. The lowest BCUT2D eigenvalue weighted by Crippen LogP contribution is -2.67. The second-order valence-corrected chi connectivity index (χ2v) is 5.59. The Bertz CT molecular complexity index is 307. The molecule has 1 saturated heterocycles. The molecule has 0 bridgehead atoms. The third-order valence-corrected chi connectivity index (χ3v) is 4.40. The number of carbonyl (C=O) groups is 1. The molecule has 1 aliphatic heterocycles. The van der Waals surface area contributed by atoms with Gasteiger partial charge in [-0.2, -0.15) is 0 Å². The van der Waals surface area contributed by atoms with Crippen molar-refractivity contribution in [1.82, 2.24) is 4.31 Å². The van der Waals surface area contributed by atoms with E-state index in [2.05, 4.69) is 0 Å². The first-order valence-corrected chi connectivity index (χ1v) is 5.06. The van der Waals surface area contributed by atoms with E-state index in [9.17, 15) is 13.2 Å². The van der Waals surface area contributed by atoms with Crippen molar-refractivity contribution in [1.29, 1.82) is 0 Å². The molecule has 0 saturated carbocycles. The Balaban J connectivity index is 2.94. The quantitative estimate of drug-likeness (QED) is 0.602. The lowest BCUT2D eigenvalue weighted by Gasteiger charge is -2.42. The van der Waals surface area contributed by atoms with Crippen molar-refractivity contribution in [3.63, 3.8) is 0 Å². The van der Waals surface area contributed by atoms with E-state index < -0.39 is 14.8 Å². The minimum absolute atomic E-state index is 0.0879. The van der Waals surface area contributed by atoms with Gasteiger partial charge in [-0.05, 0) is 13.8 Å². The minimum atomic E-state index is -3.41. The van der Waals surface area contributed by atoms with Gasteiger partial charge in [0.2, 0.25) is 0 Å². The van der Waals surface area contributed by atoms with E-state index in [1.165, 1.54) is 13.8 Å². The van der Waals surface area contributed by atoms with Crippen LogP contribution in [0.3, 0.4) is 0 Å². The summed E-state index contributed by atoms with van der Waals surface area (Å²) >= 11 is 0. The van der Waals surface area contributed by atoms with Crippen LogP contribution in [0.15, 0.2) is 0 Å². The molecule has 1 rings (SSSR count). The summed E-state index contributed by atoms with van der Waals surface area (Å²) in [5.74, 6) is -0.368. The Labute approximate surface area is 71.6 Å². The number of sulfonamides is 1. The SMILES string of the molecule is CC1(C)C(=O)N(CCN)S1(=O)=O. The number of hydrogen-bond donors (Lipinski definition) is 1. The summed E-state index contributed by atoms with van der Waals surface area (Å²) in [5.41, 5.74) is 5.15. The predicted molar refractivity (Wildman–Crippen MR) is 43.8 cm³/mol. The molecule has 0 radical (unpaired) electrons. The van der Waals surface area contributed by atoms with Crippen molar-refractivity contribution in [3.8, 4) is 0 Å². The molecule has 1 fully saturated rings. The van der Waals surface area contributed by atoms with Gasteiger partial charge < -0.3 is 5.73 Å². The van der Waals surface area contributed by atoms with Crippen molar-refractivity contribution in [2.45, 2.75) is 18.6 Å². The third-order valence-electron chi connectivity index (χ3n) is 2.01. The standard InChI is InChI=1S/C6H12N2O3S/c1-6(2)5(9)8(4-3-7)12(6,10)11/h3-4,7H2,1-2H3. The van der Waals surface area contributed by atoms with Crippen LogP contribution in [0.5, 0.6) is 0 Å². The Kier molecular flexibility index (Phi) is 1.92. The van der Waals surface area contributed by atoms with Gasteiger partial charge in [-0.3, -0.25) is 4.79 Å². The molecule has 6 heteroatoms. The molecule has 1 aliphatic rings. The number of amides is 1. The molecular weight excluding hydrogens is 180 g/mol. The van der Waals surface area contributed by atoms with Crippen LogP contribution in [-0.4, -0.2) is 36.5 Å². The van der Waals surface area contributed by atoms with E-state index in [1.807, 2.05) is 0 Å². The van der Waals surface area contributed by atoms with Gasteiger partial charge in [-0.1, -0.05) is 0 Å². The van der Waals surface area contributed by atoms with Crippen LogP contribution in [0.4, 0.5) is 0 Å². The van der Waals surface area contributed by atoms with E-state index in [-0.39, 0.29) is 19.0 Å². The van der Waals surface area contributed by atoms with Gasteiger partial charge in [0.1, 0.15) is 0 Å². The largest absolute Gasteiger partial charge is 0.329 e. The Morgan fingerprint density at radius 1 is 1.50 bits per heavy atom. The molecule has 2 N–H and O–H groups in total. The summed E-state index contributed by atoms with van der Waals surface area (Å²) in [6.45, 7) is 3.06. The Hall–Kier alpha value is -0.620. The van der Waals surface area contributed by atoms with Crippen molar-refractivity contribution in [2.75, 3.05) is 13.1 Å². The Morgan fingerprint density at radius 2 is 2.00 bits per heavy atom. The number of rotatable bonds is 2. The zero-order valence-electron chi connectivity index (χ0n) is 7.07. The lowest BCUT2D eigenvalue weighted by molar-refractivity contribution is -0.132. The van der Waals surface area contributed by atoms with E-state index >= 15 is 0 Å². The number of nitrogens with two attached hydrogens (primary N) is 1. The molecule has 0 atom stereocenters. The fourth-order valence-corrected chi connectivity index (χ4v) is 2.64. The monoisotopic (exact) mass is 192 g/mol. The van der Waals surface area contributed by atoms with Crippen molar-refractivity contribution >= 4 is 15.9 Å². The summed E-state index contributed by atoms with van der Waals surface area (Å²) in [7, 11) is -3.41. The van der Waals surface area contributed by atoms with E-state index in [1.54, 1.807) is 0 Å². The first kappa shape index (κ1) is 9.47. The van der Waals surface area contributed by atoms with Gasteiger partial charge in [-0.15, -0.1) is 0 Å². The molecule has 5 nitrogen and oxygen atoms in total. The van der Waals surface area contributed by atoms with Gasteiger partial charge in [0.15, 0.2) is 4.75 Å². The summed E-state index contributed by atoms with van der Waals surface area (Å²) < 4.78 is 22.2. The number of hydrogen-bond acceptors (Lipinski definition) is 4. The fourth-order valence-electron chi connectivity index (χ4n) is 1.10. The number of carbonyl (C=O) groups excluding carboxylic acids is 1. The van der Waals surface area contributed by atoms with Crippen LogP contribution in [0.2, 0.25) is 0 Å². The van der Waals surface area contributed by atoms with Crippen LogP contribution >= 0.6 is 0 Å². The smallest absolute Gasteiger partial charge is 0.258 e. The maximum absolute atomic E-state index is 11.3. The van der Waals surface area contributed by atoms with Gasteiger partial charge in [0.25, 0.3) is 15.9 Å². The number of nitrogens with zero attached hydrogens (tertiary/aromatic N) is 1. The summed E-state index contributed by atoms with van der Waals surface area (Å²) in [6, 6.07) is 0. The second-order valence-electron chi connectivity index (χ2n) is 3.18. The first-order chi connectivity index (χ1) is 5.35. The normalized spacial score (nSPS) is 25.2. The van der Waals surface area contributed by atoms with Gasteiger partial charge in [-0.25, -0.2) is 12.7 Å². The maximum Gasteiger partial charge on any atom is 0.258 e. The van der Waals surface area contributed by atoms with Crippen LogP contribution in [0.25, 0.3) is 0 Å². The predicted octanol–water partition coefficient (Wildman–Crippen LogP) is -1.10. The summed E-state index contributed by atoms with van der Waals surface area (Å²) in [6.07, 6.45) is 0. The average molecular weight is 192 g/mol. The maximum atomic E-state index is 11.3. The van der Waals surface area contributed by atoms with Crippen molar-refractivity contribution < 1.29 is 13.2 Å². The molecule has 70 valence electrons. The highest BCUT2D eigenvalue weighted by Gasteiger charge is 2.59. The zero-order chi connectivity index (χ0) is 9.57. The highest BCUT2D eigenvalue weighted by Crippen LogP contribution is 2.33. The van der Waals surface area contributed by atoms with Gasteiger partial charge in [0, 0.05) is 13.1 Å². The van der Waals surface area contributed by atoms with Crippen molar-refractivity contribution in [3.05, 3.63) is 0 Å². The first-order valence-electron chi connectivity index (χ1n) is 3.62. The minimum Gasteiger partial charge on any atom is -0.329 e. The molecule has 0 spiro atoms. The summed E-state index contributed by atoms with van der Waals surface area (Å²) in [5, 5.41) is 0. The molecule has 0 aromatic rings. The lowest BCUT2D eigenvalue weighted by atomic mass is 10.2. The van der Waals surface area contributed by atoms with Gasteiger partial charge >= 0.3 is 0 Å². The molecule has 0 aromatic heterocycles. The van der Waals surface area contributed by atoms with E-state index in [4.69, 9.17) is 5.73 Å². The van der Waals surface area contributed by atoms with Crippen molar-refractivity contribution in [2.24, 2.45) is 5.73 Å². The second kappa shape index (κ2) is 2.43. The highest BCUT2D eigenvalue weighted by molar-refractivity contribution is 7.94. The highest BCUT2D eigenvalue weighted by atomic mass is 32.2. The third kappa shape index (κ3) is 0.879. The molecule has 0 unspecified atom stereocenters.